The third-order valence-electron chi connectivity index (χ3n) is 1.89. The first kappa shape index (κ1) is 10.3. The Balaban J connectivity index is 2.74. The maximum Gasteiger partial charge on any atom is 0.221 e. The van der Waals surface area contributed by atoms with Crippen LogP contribution in [0.5, 0.6) is 0 Å². The van der Waals surface area contributed by atoms with Gasteiger partial charge in [-0.3, -0.25) is 4.79 Å². The Morgan fingerprint density at radius 3 is 2.64 bits per heavy atom. The van der Waals surface area contributed by atoms with Crippen LogP contribution in [0.2, 0.25) is 0 Å². The van der Waals surface area contributed by atoms with Crippen molar-refractivity contribution in [3.05, 3.63) is 35.9 Å². The van der Waals surface area contributed by atoms with Crippen LogP contribution in [0.15, 0.2) is 30.3 Å². The van der Waals surface area contributed by atoms with Gasteiger partial charge in [-0.1, -0.05) is 37.3 Å². The fourth-order valence-electron chi connectivity index (χ4n) is 1.10. The van der Waals surface area contributed by atoms with E-state index in [0.29, 0.717) is 6.42 Å². The van der Waals surface area contributed by atoms with Crippen LogP contribution in [0.3, 0.4) is 0 Å². The fourth-order valence-corrected chi connectivity index (χ4v) is 1.10. The number of carbonyl (C=O) groups is 1. The van der Waals surface area contributed by atoms with Crippen LogP contribution in [0.4, 0.5) is 0 Å². The van der Waals surface area contributed by atoms with Crippen molar-refractivity contribution < 1.29 is 4.79 Å². The summed E-state index contributed by atoms with van der Waals surface area (Å²) in [6.45, 7) is 1.76. The fraction of sp³-hybridized carbons (Fsp3) is 0.273. The highest BCUT2D eigenvalue weighted by Gasteiger charge is 2.11. The molecule has 1 aromatic carbocycles. The molecule has 1 amide bonds. The van der Waals surface area contributed by atoms with Gasteiger partial charge in [0.05, 0.1) is 6.07 Å². The molecule has 1 rings (SSSR count). The van der Waals surface area contributed by atoms with Crippen LogP contribution in [-0.2, 0) is 4.79 Å². The largest absolute Gasteiger partial charge is 0.337 e. The molecule has 0 aliphatic heterocycles. The van der Waals surface area contributed by atoms with Gasteiger partial charge >= 0.3 is 0 Å². The van der Waals surface area contributed by atoms with E-state index in [9.17, 15) is 4.79 Å². The summed E-state index contributed by atoms with van der Waals surface area (Å²) in [7, 11) is 0. The Kier molecular flexibility index (Phi) is 3.69. The van der Waals surface area contributed by atoms with E-state index in [4.69, 9.17) is 5.26 Å². The van der Waals surface area contributed by atoms with Gasteiger partial charge in [-0.15, -0.1) is 0 Å². The molecule has 0 aliphatic rings. The van der Waals surface area contributed by atoms with Crippen LogP contribution in [0.25, 0.3) is 0 Å². The molecule has 0 saturated carbocycles. The van der Waals surface area contributed by atoms with Crippen LogP contribution >= 0.6 is 0 Å². The molecular weight excluding hydrogens is 176 g/mol. The molecule has 0 aromatic heterocycles. The van der Waals surface area contributed by atoms with E-state index in [0.717, 1.165) is 5.56 Å². The van der Waals surface area contributed by atoms with Crippen molar-refractivity contribution in [2.75, 3.05) is 0 Å². The molecule has 0 bridgehead atoms. The zero-order valence-corrected chi connectivity index (χ0v) is 8.03. The number of amides is 1. The number of carbonyl (C=O) groups excluding carboxylic acids is 1. The minimum Gasteiger partial charge on any atom is -0.337 e. The normalized spacial score (nSPS) is 11.4. The monoisotopic (exact) mass is 188 g/mol. The molecule has 14 heavy (non-hydrogen) atoms. The van der Waals surface area contributed by atoms with E-state index in [-0.39, 0.29) is 5.91 Å². The molecule has 1 unspecified atom stereocenters. The van der Waals surface area contributed by atoms with Crippen molar-refractivity contribution in [2.45, 2.75) is 19.4 Å². The number of nitrogens with zero attached hydrogens (tertiary/aromatic N) is 1. The molecule has 0 saturated heterocycles. The highest BCUT2D eigenvalue weighted by atomic mass is 16.1. The summed E-state index contributed by atoms with van der Waals surface area (Å²) in [5, 5.41) is 11.5. The van der Waals surface area contributed by atoms with E-state index < -0.39 is 6.04 Å². The van der Waals surface area contributed by atoms with Gasteiger partial charge in [-0.05, 0) is 5.56 Å². The summed E-state index contributed by atoms with van der Waals surface area (Å²) in [4.78, 5) is 11.1. The predicted molar refractivity (Wildman–Crippen MR) is 53.2 cm³/mol. The number of benzene rings is 1. The van der Waals surface area contributed by atoms with Crippen molar-refractivity contribution in [2.24, 2.45) is 0 Å². The lowest BCUT2D eigenvalue weighted by atomic mass is 10.1. The lowest BCUT2D eigenvalue weighted by Crippen LogP contribution is -2.26. The quantitative estimate of drug-likeness (QED) is 0.786. The highest BCUT2D eigenvalue weighted by Crippen LogP contribution is 2.10. The lowest BCUT2D eigenvalue weighted by molar-refractivity contribution is -0.121. The van der Waals surface area contributed by atoms with Crippen molar-refractivity contribution in [1.82, 2.24) is 5.32 Å². The van der Waals surface area contributed by atoms with Gasteiger partial charge in [-0.2, -0.15) is 5.26 Å². The Morgan fingerprint density at radius 2 is 2.14 bits per heavy atom. The molecule has 0 aliphatic carbocycles. The summed E-state index contributed by atoms with van der Waals surface area (Å²) in [6.07, 6.45) is 0.394. The van der Waals surface area contributed by atoms with Gasteiger partial charge in [0, 0.05) is 6.42 Å². The average molecular weight is 188 g/mol. The summed E-state index contributed by atoms with van der Waals surface area (Å²) in [6, 6.07) is 10.7. The standard InChI is InChI=1S/C11H12N2O/c1-2-11(14)13-10(8-12)9-6-4-3-5-7-9/h3-7,10H,2H2,1H3,(H,13,14). The minimum atomic E-state index is -0.538. The molecule has 0 heterocycles. The summed E-state index contributed by atoms with van der Waals surface area (Å²) < 4.78 is 0. The zero-order chi connectivity index (χ0) is 10.4. The second kappa shape index (κ2) is 5.03. The maximum absolute atomic E-state index is 11.1. The first-order valence-corrected chi connectivity index (χ1v) is 4.52. The number of nitriles is 1. The molecule has 0 fully saturated rings. The van der Waals surface area contributed by atoms with E-state index in [1.807, 2.05) is 30.3 Å². The second-order valence-electron chi connectivity index (χ2n) is 2.89. The van der Waals surface area contributed by atoms with Crippen LogP contribution in [0, 0.1) is 11.3 Å². The summed E-state index contributed by atoms with van der Waals surface area (Å²) in [5.41, 5.74) is 0.816. The van der Waals surface area contributed by atoms with Crippen molar-refractivity contribution >= 4 is 5.91 Å². The van der Waals surface area contributed by atoms with Crippen LogP contribution < -0.4 is 5.32 Å². The number of rotatable bonds is 3. The molecule has 0 spiro atoms. The first-order chi connectivity index (χ1) is 6.77. The van der Waals surface area contributed by atoms with Crippen molar-refractivity contribution in [1.29, 1.82) is 5.26 Å². The van der Waals surface area contributed by atoms with Gasteiger partial charge in [0.15, 0.2) is 0 Å². The lowest BCUT2D eigenvalue weighted by Gasteiger charge is -2.10. The molecule has 1 aromatic rings. The minimum absolute atomic E-state index is 0.111. The van der Waals surface area contributed by atoms with E-state index >= 15 is 0 Å². The summed E-state index contributed by atoms with van der Waals surface area (Å²) in [5.74, 6) is -0.111. The van der Waals surface area contributed by atoms with Gasteiger partial charge in [-0.25, -0.2) is 0 Å². The third-order valence-corrected chi connectivity index (χ3v) is 1.89. The predicted octanol–water partition coefficient (Wildman–Crippen LogP) is 1.78. The highest BCUT2D eigenvalue weighted by molar-refractivity contribution is 5.76. The molecule has 3 nitrogen and oxygen atoms in total. The molecule has 3 heteroatoms. The van der Waals surface area contributed by atoms with E-state index in [1.165, 1.54) is 0 Å². The Bertz CT molecular complexity index is 340. The SMILES string of the molecule is CCC(=O)NC(C#N)c1ccccc1. The number of hydrogen-bond donors (Lipinski definition) is 1. The van der Waals surface area contributed by atoms with Gasteiger partial charge in [0.2, 0.25) is 5.91 Å². The van der Waals surface area contributed by atoms with Gasteiger partial charge in [0.25, 0.3) is 0 Å². The van der Waals surface area contributed by atoms with E-state index in [1.54, 1.807) is 6.92 Å². The van der Waals surface area contributed by atoms with Crippen molar-refractivity contribution in [3.63, 3.8) is 0 Å². The number of hydrogen-bond acceptors (Lipinski definition) is 2. The Hall–Kier alpha value is -1.82. The first-order valence-electron chi connectivity index (χ1n) is 4.52. The second-order valence-corrected chi connectivity index (χ2v) is 2.89. The van der Waals surface area contributed by atoms with Crippen molar-refractivity contribution in [3.8, 4) is 6.07 Å². The third kappa shape index (κ3) is 2.60. The van der Waals surface area contributed by atoms with Gasteiger partial charge in [0.1, 0.15) is 6.04 Å². The average Bonchev–Trinajstić information content (AvgIpc) is 2.26. The molecule has 72 valence electrons. The number of nitrogens with one attached hydrogen (secondary N) is 1. The van der Waals surface area contributed by atoms with Crippen LogP contribution in [0.1, 0.15) is 24.9 Å². The van der Waals surface area contributed by atoms with E-state index in [2.05, 4.69) is 11.4 Å². The molecule has 1 N–H and O–H groups in total. The summed E-state index contributed by atoms with van der Waals surface area (Å²) >= 11 is 0. The van der Waals surface area contributed by atoms with Crippen LogP contribution in [-0.4, -0.2) is 5.91 Å². The molecule has 1 atom stereocenters. The Labute approximate surface area is 83.4 Å². The molecular formula is C11H12N2O. The topological polar surface area (TPSA) is 52.9 Å². The zero-order valence-electron chi connectivity index (χ0n) is 8.03. The van der Waals surface area contributed by atoms with Gasteiger partial charge < -0.3 is 5.32 Å². The smallest absolute Gasteiger partial charge is 0.221 e. The molecule has 0 radical (unpaired) electrons. The Morgan fingerprint density at radius 1 is 1.50 bits per heavy atom. The maximum atomic E-state index is 11.1.